The molecule has 0 aliphatic rings. The molecule has 2 aromatic carbocycles. The van der Waals surface area contributed by atoms with Gasteiger partial charge in [-0.15, -0.1) is 0 Å². The lowest BCUT2D eigenvalue weighted by molar-refractivity contribution is -0.116. The predicted octanol–water partition coefficient (Wildman–Crippen LogP) is 6.35. The number of hydrogen-bond donors (Lipinski definition) is 1. The molecule has 29 heavy (non-hydrogen) atoms. The summed E-state index contributed by atoms with van der Waals surface area (Å²) in [6, 6.07) is 15.7. The number of anilines is 1. The van der Waals surface area contributed by atoms with Gasteiger partial charge in [0.15, 0.2) is 0 Å². The molecule has 0 bridgehead atoms. The van der Waals surface area contributed by atoms with Gasteiger partial charge in [-0.3, -0.25) is 4.79 Å². The first-order valence-electron chi connectivity index (χ1n) is 10.6. The number of benzene rings is 2. The van der Waals surface area contributed by atoms with Gasteiger partial charge in [-0.1, -0.05) is 52.7 Å². The fourth-order valence-electron chi connectivity index (χ4n) is 2.87. The number of carbonyl (C=O) groups excluding carboxylic acids is 1. The molecule has 4 heteroatoms. The Morgan fingerprint density at radius 2 is 1.38 bits per heavy atom. The second-order valence-electron chi connectivity index (χ2n) is 8.35. The number of hydrogen-bond acceptors (Lipinski definition) is 3. The maximum atomic E-state index is 12.1. The zero-order valence-electron chi connectivity index (χ0n) is 18.3. The van der Waals surface area contributed by atoms with Gasteiger partial charge in [0.1, 0.15) is 11.5 Å². The smallest absolute Gasteiger partial charge is 0.224 e. The van der Waals surface area contributed by atoms with Crippen LogP contribution in [0.15, 0.2) is 48.5 Å². The molecule has 0 aliphatic carbocycles. The molecule has 0 saturated carbocycles. The zero-order chi connectivity index (χ0) is 21.1. The molecule has 2 aromatic rings. The molecule has 0 radical (unpaired) electrons. The number of carbonyl (C=O) groups is 1. The third-order valence-corrected chi connectivity index (χ3v) is 4.69. The minimum Gasteiger partial charge on any atom is -0.494 e. The van der Waals surface area contributed by atoms with Gasteiger partial charge in [0.2, 0.25) is 5.91 Å². The molecular weight excluding hydrogens is 362 g/mol. The molecule has 158 valence electrons. The maximum Gasteiger partial charge on any atom is 0.224 e. The molecule has 0 heterocycles. The Bertz CT molecular complexity index is 730. The van der Waals surface area contributed by atoms with Gasteiger partial charge in [-0.05, 0) is 60.2 Å². The van der Waals surface area contributed by atoms with Crippen molar-refractivity contribution in [3.63, 3.8) is 0 Å². The molecule has 0 spiro atoms. The second-order valence-corrected chi connectivity index (χ2v) is 8.35. The van der Waals surface area contributed by atoms with Crippen LogP contribution in [-0.2, 0) is 10.2 Å². The highest BCUT2D eigenvalue weighted by Crippen LogP contribution is 2.24. The third kappa shape index (κ3) is 8.59. The summed E-state index contributed by atoms with van der Waals surface area (Å²) < 4.78 is 11.4. The van der Waals surface area contributed by atoms with Crippen molar-refractivity contribution in [2.45, 2.75) is 65.2 Å². The van der Waals surface area contributed by atoms with Crippen molar-refractivity contribution in [1.29, 1.82) is 0 Å². The highest BCUT2D eigenvalue weighted by Gasteiger charge is 2.13. The van der Waals surface area contributed by atoms with Gasteiger partial charge in [0, 0.05) is 12.1 Å². The van der Waals surface area contributed by atoms with E-state index in [1.165, 1.54) is 18.4 Å². The van der Waals surface area contributed by atoms with Gasteiger partial charge in [0.05, 0.1) is 13.2 Å². The van der Waals surface area contributed by atoms with Crippen LogP contribution in [0.1, 0.15) is 65.4 Å². The van der Waals surface area contributed by atoms with Crippen molar-refractivity contribution >= 4 is 11.6 Å². The van der Waals surface area contributed by atoms with Crippen LogP contribution in [0.25, 0.3) is 0 Å². The van der Waals surface area contributed by atoms with E-state index in [1.54, 1.807) is 0 Å². The summed E-state index contributed by atoms with van der Waals surface area (Å²) in [7, 11) is 0. The van der Waals surface area contributed by atoms with Crippen LogP contribution in [0.2, 0.25) is 0 Å². The summed E-state index contributed by atoms with van der Waals surface area (Å²) in [6.07, 6.45) is 4.53. The topological polar surface area (TPSA) is 47.6 Å². The SMILES string of the molecule is CCCCCOc1ccc(NC(=O)CCCOc2ccc(C(C)(C)C)cc2)cc1. The standard InChI is InChI=1S/C25H35NO3/c1-5-6-7-18-28-23-16-12-21(13-17-23)26-24(27)9-8-19-29-22-14-10-20(11-15-22)25(2,3)4/h10-17H,5-9,18-19H2,1-4H3,(H,26,27). The normalized spacial score (nSPS) is 11.2. The lowest BCUT2D eigenvalue weighted by atomic mass is 9.87. The third-order valence-electron chi connectivity index (χ3n) is 4.69. The first kappa shape index (κ1) is 22.8. The van der Waals surface area contributed by atoms with E-state index in [-0.39, 0.29) is 11.3 Å². The van der Waals surface area contributed by atoms with E-state index in [0.717, 1.165) is 30.2 Å². The Labute approximate surface area is 175 Å². The quantitative estimate of drug-likeness (QED) is 0.449. The van der Waals surface area contributed by atoms with Gasteiger partial charge < -0.3 is 14.8 Å². The lowest BCUT2D eigenvalue weighted by Gasteiger charge is -2.19. The molecule has 0 saturated heterocycles. The Morgan fingerprint density at radius 3 is 1.93 bits per heavy atom. The van der Waals surface area contributed by atoms with Crippen molar-refractivity contribution in [3.8, 4) is 11.5 Å². The van der Waals surface area contributed by atoms with E-state index in [2.05, 4.69) is 45.1 Å². The van der Waals surface area contributed by atoms with Gasteiger partial charge >= 0.3 is 0 Å². The summed E-state index contributed by atoms with van der Waals surface area (Å²) in [5.74, 6) is 1.67. The fourth-order valence-corrected chi connectivity index (χ4v) is 2.87. The average molecular weight is 398 g/mol. The molecule has 0 aromatic heterocycles. The number of nitrogens with one attached hydrogen (secondary N) is 1. The summed E-state index contributed by atoms with van der Waals surface area (Å²) >= 11 is 0. The molecule has 1 N–H and O–H groups in total. The molecule has 4 nitrogen and oxygen atoms in total. The summed E-state index contributed by atoms with van der Waals surface area (Å²) in [4.78, 5) is 12.1. The van der Waals surface area contributed by atoms with E-state index >= 15 is 0 Å². The molecule has 0 aliphatic heterocycles. The zero-order valence-corrected chi connectivity index (χ0v) is 18.3. The van der Waals surface area contributed by atoms with Crippen LogP contribution in [0.5, 0.6) is 11.5 Å². The number of unbranched alkanes of at least 4 members (excludes halogenated alkanes) is 2. The van der Waals surface area contributed by atoms with Crippen LogP contribution in [-0.4, -0.2) is 19.1 Å². The predicted molar refractivity (Wildman–Crippen MR) is 120 cm³/mol. The second kappa shape index (κ2) is 11.5. The van der Waals surface area contributed by atoms with Crippen molar-refractivity contribution < 1.29 is 14.3 Å². The summed E-state index contributed by atoms with van der Waals surface area (Å²) in [6.45, 7) is 10.0. The number of amides is 1. The fraction of sp³-hybridized carbons (Fsp3) is 0.480. The molecule has 1 amide bonds. The largest absolute Gasteiger partial charge is 0.494 e. The van der Waals surface area contributed by atoms with Crippen LogP contribution < -0.4 is 14.8 Å². The van der Waals surface area contributed by atoms with Crippen LogP contribution in [0.3, 0.4) is 0 Å². The van der Waals surface area contributed by atoms with Gasteiger partial charge in [-0.2, -0.15) is 0 Å². The van der Waals surface area contributed by atoms with E-state index in [4.69, 9.17) is 9.47 Å². The van der Waals surface area contributed by atoms with E-state index in [1.807, 2.05) is 36.4 Å². The molecule has 0 unspecified atom stereocenters. The Morgan fingerprint density at radius 1 is 0.828 bits per heavy atom. The highest BCUT2D eigenvalue weighted by atomic mass is 16.5. The Kier molecular flexibility index (Phi) is 9.04. The van der Waals surface area contributed by atoms with Crippen molar-refractivity contribution in [2.75, 3.05) is 18.5 Å². The van der Waals surface area contributed by atoms with E-state index in [0.29, 0.717) is 19.4 Å². The minimum absolute atomic E-state index is 0.00621. The average Bonchev–Trinajstić information content (AvgIpc) is 2.69. The minimum atomic E-state index is -0.00621. The van der Waals surface area contributed by atoms with Gasteiger partial charge in [0.25, 0.3) is 0 Å². The molecule has 2 rings (SSSR count). The van der Waals surface area contributed by atoms with Gasteiger partial charge in [-0.25, -0.2) is 0 Å². The maximum absolute atomic E-state index is 12.1. The lowest BCUT2D eigenvalue weighted by Crippen LogP contribution is -2.13. The highest BCUT2D eigenvalue weighted by molar-refractivity contribution is 5.90. The summed E-state index contributed by atoms with van der Waals surface area (Å²) in [5, 5.41) is 2.92. The number of rotatable bonds is 11. The molecule has 0 fully saturated rings. The van der Waals surface area contributed by atoms with E-state index in [9.17, 15) is 4.79 Å². The Hall–Kier alpha value is -2.49. The van der Waals surface area contributed by atoms with Crippen LogP contribution in [0, 0.1) is 0 Å². The van der Waals surface area contributed by atoms with Crippen LogP contribution >= 0.6 is 0 Å². The number of ether oxygens (including phenoxy) is 2. The van der Waals surface area contributed by atoms with Crippen LogP contribution in [0.4, 0.5) is 5.69 Å². The first-order valence-corrected chi connectivity index (χ1v) is 10.6. The molecule has 0 atom stereocenters. The first-order chi connectivity index (χ1) is 13.9. The van der Waals surface area contributed by atoms with E-state index < -0.39 is 0 Å². The van der Waals surface area contributed by atoms with Crippen molar-refractivity contribution in [2.24, 2.45) is 0 Å². The Balaban J connectivity index is 1.65. The van der Waals surface area contributed by atoms with Crippen molar-refractivity contribution in [3.05, 3.63) is 54.1 Å². The summed E-state index contributed by atoms with van der Waals surface area (Å²) in [5.41, 5.74) is 2.20. The monoisotopic (exact) mass is 397 g/mol. The van der Waals surface area contributed by atoms with Crippen molar-refractivity contribution in [1.82, 2.24) is 0 Å². The molecular formula is C25H35NO3.